The SMILES string of the molecule is C#Cc1c(F)ccc2cc(O)cc(-c3c(F)cc4c(N5C[C@H]6CC[C@@H](C5)N6)nc(OC[C@@]5(C)CN(CC)CC[C@@H]5CF)nc4c3F)c12. The molecule has 7 nitrogen and oxygen atoms in total. The lowest BCUT2D eigenvalue weighted by molar-refractivity contribution is -0.00718. The van der Waals surface area contributed by atoms with Crippen molar-refractivity contribution in [3.63, 3.8) is 0 Å². The largest absolute Gasteiger partial charge is 0.508 e. The van der Waals surface area contributed by atoms with Gasteiger partial charge in [0.2, 0.25) is 0 Å². The minimum absolute atomic E-state index is 0.0925. The highest BCUT2D eigenvalue weighted by Crippen LogP contribution is 2.42. The Labute approximate surface area is 270 Å². The van der Waals surface area contributed by atoms with Gasteiger partial charge in [0.1, 0.15) is 28.7 Å². The van der Waals surface area contributed by atoms with Crippen molar-refractivity contribution < 1.29 is 27.4 Å². The molecule has 4 atom stereocenters. The van der Waals surface area contributed by atoms with Gasteiger partial charge < -0.3 is 25.0 Å². The first-order valence-electron chi connectivity index (χ1n) is 16.2. The van der Waals surface area contributed by atoms with Gasteiger partial charge in [-0.2, -0.15) is 9.97 Å². The number of ether oxygens (including phenoxy) is 1. The summed E-state index contributed by atoms with van der Waals surface area (Å²) in [6.45, 7) is 7.09. The maximum absolute atomic E-state index is 16.9. The number of hydrogen-bond acceptors (Lipinski definition) is 7. The molecule has 0 amide bonds. The van der Waals surface area contributed by atoms with Crippen LogP contribution in [0.1, 0.15) is 38.7 Å². The number of likely N-dealkylation sites (tertiary alicyclic amines) is 1. The number of phenols is 1. The van der Waals surface area contributed by atoms with E-state index in [1.165, 1.54) is 24.3 Å². The smallest absolute Gasteiger partial charge is 0.319 e. The van der Waals surface area contributed by atoms with Gasteiger partial charge in [0, 0.05) is 53.5 Å². The second kappa shape index (κ2) is 12.1. The van der Waals surface area contributed by atoms with Crippen LogP contribution in [0.25, 0.3) is 32.8 Å². The molecule has 4 heterocycles. The molecular formula is C36H37F4N5O2. The number of fused-ring (bicyclic) bond motifs is 4. The van der Waals surface area contributed by atoms with Crippen LogP contribution in [0, 0.1) is 41.1 Å². The van der Waals surface area contributed by atoms with Gasteiger partial charge in [-0.25, -0.2) is 13.2 Å². The Morgan fingerprint density at radius 2 is 1.85 bits per heavy atom. The topological polar surface area (TPSA) is 73.8 Å². The van der Waals surface area contributed by atoms with E-state index in [-0.39, 0.29) is 63.8 Å². The lowest BCUT2D eigenvalue weighted by Crippen LogP contribution is -2.51. The number of terminal acetylenes is 1. The second-order valence-electron chi connectivity index (χ2n) is 13.4. The fourth-order valence-corrected chi connectivity index (χ4v) is 7.78. The van der Waals surface area contributed by atoms with Crippen LogP contribution in [-0.4, -0.2) is 78.1 Å². The quantitative estimate of drug-likeness (QED) is 0.183. The number of piperazine rings is 1. The Bertz CT molecular complexity index is 1900. The van der Waals surface area contributed by atoms with Gasteiger partial charge in [-0.15, -0.1) is 6.42 Å². The number of phenolic OH excluding ortho intramolecular Hbond substituents is 1. The molecule has 0 radical (unpaired) electrons. The summed E-state index contributed by atoms with van der Waals surface area (Å²) < 4.78 is 68.4. The average molecular weight is 648 g/mol. The van der Waals surface area contributed by atoms with E-state index in [1.807, 2.05) is 11.8 Å². The summed E-state index contributed by atoms with van der Waals surface area (Å²) >= 11 is 0. The van der Waals surface area contributed by atoms with E-state index in [1.54, 1.807) is 0 Å². The number of hydrogen-bond donors (Lipinski definition) is 2. The first kappa shape index (κ1) is 31.5. The molecule has 11 heteroatoms. The molecular weight excluding hydrogens is 610 g/mol. The third-order valence-corrected chi connectivity index (χ3v) is 10.4. The number of benzene rings is 3. The highest BCUT2D eigenvalue weighted by Gasteiger charge is 2.41. The maximum atomic E-state index is 16.9. The molecule has 2 bridgehead atoms. The lowest BCUT2D eigenvalue weighted by Gasteiger charge is -2.44. The van der Waals surface area contributed by atoms with Crippen LogP contribution in [0.5, 0.6) is 11.8 Å². The maximum Gasteiger partial charge on any atom is 0.319 e. The molecule has 0 aliphatic carbocycles. The molecule has 0 spiro atoms. The summed E-state index contributed by atoms with van der Waals surface area (Å²) in [4.78, 5) is 13.5. The first-order chi connectivity index (χ1) is 22.6. The Balaban J connectivity index is 1.39. The van der Waals surface area contributed by atoms with Crippen LogP contribution < -0.4 is 15.0 Å². The predicted octanol–water partition coefficient (Wildman–Crippen LogP) is 6.19. The first-order valence-corrected chi connectivity index (χ1v) is 16.2. The molecule has 3 aliphatic heterocycles. The molecule has 0 unspecified atom stereocenters. The van der Waals surface area contributed by atoms with Crippen molar-refractivity contribution in [1.82, 2.24) is 20.2 Å². The van der Waals surface area contributed by atoms with Gasteiger partial charge >= 0.3 is 6.01 Å². The molecule has 2 N–H and O–H groups in total. The summed E-state index contributed by atoms with van der Waals surface area (Å²) in [5, 5.41) is 14.7. The van der Waals surface area contributed by atoms with Crippen LogP contribution in [0.4, 0.5) is 23.4 Å². The van der Waals surface area contributed by atoms with Crippen LogP contribution >= 0.6 is 0 Å². The molecule has 4 aromatic rings. The number of anilines is 1. The number of alkyl halides is 1. The monoisotopic (exact) mass is 647 g/mol. The molecule has 246 valence electrons. The fourth-order valence-electron chi connectivity index (χ4n) is 7.78. The zero-order valence-electron chi connectivity index (χ0n) is 26.4. The van der Waals surface area contributed by atoms with E-state index < -0.39 is 35.1 Å². The number of aromatic hydroxyl groups is 1. The summed E-state index contributed by atoms with van der Waals surface area (Å²) in [7, 11) is 0. The summed E-state index contributed by atoms with van der Waals surface area (Å²) in [5.74, 6) is -0.545. The van der Waals surface area contributed by atoms with Gasteiger partial charge in [-0.3, -0.25) is 4.39 Å². The van der Waals surface area contributed by atoms with Gasteiger partial charge in [0.15, 0.2) is 5.82 Å². The molecule has 3 aromatic carbocycles. The van der Waals surface area contributed by atoms with E-state index in [0.29, 0.717) is 37.3 Å². The number of halogens is 4. The van der Waals surface area contributed by atoms with Crippen LogP contribution in [0.15, 0.2) is 30.3 Å². The van der Waals surface area contributed by atoms with E-state index in [0.717, 1.165) is 32.0 Å². The zero-order valence-corrected chi connectivity index (χ0v) is 26.4. The standard InChI is InChI=1S/C36H37F4N5O2/c1-4-25-28(38)9-6-20-12-24(46)13-26(30(20)25)31-29(39)14-27-33(32(31)40)42-35(43-34(27)45-16-22-7-8-23(17-45)41-22)47-19-36(3)18-44(5-2)11-10-21(36)15-37/h1,6,9,12-14,21-23,41,46H,5,7-8,10-11,15-19H2,2-3H3/t21-,22-,23+,36-/m1/s1. The van der Waals surface area contributed by atoms with E-state index in [4.69, 9.17) is 16.1 Å². The number of piperidine rings is 1. The predicted molar refractivity (Wildman–Crippen MR) is 174 cm³/mol. The molecule has 3 aliphatic rings. The van der Waals surface area contributed by atoms with Crippen molar-refractivity contribution >= 4 is 27.5 Å². The van der Waals surface area contributed by atoms with Gasteiger partial charge in [0.25, 0.3) is 0 Å². The highest BCUT2D eigenvalue weighted by molar-refractivity contribution is 6.04. The molecule has 0 saturated carbocycles. The Morgan fingerprint density at radius 1 is 1.09 bits per heavy atom. The number of aromatic nitrogens is 2. The number of nitrogens with one attached hydrogen (secondary N) is 1. The number of rotatable bonds is 7. The Hall–Kier alpha value is -4.14. The van der Waals surface area contributed by atoms with Crippen molar-refractivity contribution in [2.75, 3.05) is 50.9 Å². The van der Waals surface area contributed by atoms with Crippen molar-refractivity contribution in [2.24, 2.45) is 11.3 Å². The zero-order chi connectivity index (χ0) is 33.0. The normalized spacial score (nSPS) is 24.6. The van der Waals surface area contributed by atoms with Gasteiger partial charge in [-0.05, 0) is 67.9 Å². The summed E-state index contributed by atoms with van der Waals surface area (Å²) in [6.07, 6.45) is 8.30. The molecule has 1 aromatic heterocycles. The third kappa shape index (κ3) is 5.51. The molecule has 47 heavy (non-hydrogen) atoms. The molecule has 3 saturated heterocycles. The fraction of sp³-hybridized carbons (Fsp3) is 0.444. The number of nitrogens with zero attached hydrogens (tertiary/aromatic N) is 4. The van der Waals surface area contributed by atoms with E-state index in [2.05, 4.69) is 28.0 Å². The Morgan fingerprint density at radius 3 is 2.55 bits per heavy atom. The summed E-state index contributed by atoms with van der Waals surface area (Å²) in [5.41, 5.74) is -1.52. The van der Waals surface area contributed by atoms with Crippen molar-refractivity contribution in [1.29, 1.82) is 0 Å². The highest BCUT2D eigenvalue weighted by atomic mass is 19.1. The van der Waals surface area contributed by atoms with E-state index in [9.17, 15) is 13.9 Å². The van der Waals surface area contributed by atoms with Gasteiger partial charge in [-0.1, -0.05) is 25.8 Å². The third-order valence-electron chi connectivity index (χ3n) is 10.4. The van der Waals surface area contributed by atoms with Gasteiger partial charge in [0.05, 0.1) is 24.4 Å². The molecule has 3 fully saturated rings. The van der Waals surface area contributed by atoms with Crippen LogP contribution in [0.2, 0.25) is 0 Å². The minimum atomic E-state index is -1.02. The summed E-state index contributed by atoms with van der Waals surface area (Å²) in [6, 6.07) is 6.57. The second-order valence-corrected chi connectivity index (χ2v) is 13.4. The van der Waals surface area contributed by atoms with Crippen molar-refractivity contribution in [3.8, 4) is 35.2 Å². The average Bonchev–Trinajstić information content (AvgIpc) is 3.40. The Kier molecular flexibility index (Phi) is 8.13. The van der Waals surface area contributed by atoms with E-state index >= 15 is 8.78 Å². The molecule has 7 rings (SSSR count). The van der Waals surface area contributed by atoms with Crippen LogP contribution in [0.3, 0.4) is 0 Å². The van der Waals surface area contributed by atoms with Crippen LogP contribution in [-0.2, 0) is 0 Å². The lowest BCUT2D eigenvalue weighted by atomic mass is 9.73. The van der Waals surface area contributed by atoms with Crippen molar-refractivity contribution in [3.05, 3.63) is 53.3 Å². The minimum Gasteiger partial charge on any atom is -0.508 e. The van der Waals surface area contributed by atoms with Crippen molar-refractivity contribution in [2.45, 2.75) is 45.2 Å².